The molecule has 38 heavy (non-hydrogen) atoms. The Morgan fingerprint density at radius 3 is 1.87 bits per heavy atom. The van der Waals surface area contributed by atoms with Crippen molar-refractivity contribution in [3.63, 3.8) is 0 Å². The molecule has 0 aliphatic carbocycles. The number of alkyl halides is 4. The molecule has 10 heteroatoms. The van der Waals surface area contributed by atoms with Gasteiger partial charge in [-0.25, -0.2) is 17.6 Å². The highest BCUT2D eigenvalue weighted by molar-refractivity contribution is 6.59. The van der Waals surface area contributed by atoms with E-state index in [0.29, 0.717) is 17.9 Å². The van der Waals surface area contributed by atoms with Crippen LogP contribution in [-0.2, 0) is 15.5 Å². The van der Waals surface area contributed by atoms with Gasteiger partial charge < -0.3 is 5.32 Å². The molecular formula is C28H28F6N2O2. The van der Waals surface area contributed by atoms with E-state index in [1.54, 1.807) is 0 Å². The van der Waals surface area contributed by atoms with Crippen LogP contribution in [0.15, 0.2) is 77.8 Å². The number of Topliss-reactive ketones (excluding diaryl/α,β-unsaturated/α-hetero) is 1. The van der Waals surface area contributed by atoms with E-state index in [4.69, 9.17) is 0 Å². The van der Waals surface area contributed by atoms with Crippen LogP contribution in [0.2, 0.25) is 0 Å². The Labute approximate surface area is 217 Å². The number of aldehydes is 1. The lowest BCUT2D eigenvalue weighted by Gasteiger charge is -2.21. The summed E-state index contributed by atoms with van der Waals surface area (Å²) in [5, 5.41) is 2.77. The molecule has 0 aliphatic rings. The highest BCUT2D eigenvalue weighted by atomic mass is 19.3. The molecule has 0 aromatic heterocycles. The second kappa shape index (κ2) is 15.5. The molecule has 4 nitrogen and oxygen atoms in total. The monoisotopic (exact) mass is 538 g/mol. The molecule has 1 N–H and O–H groups in total. The molecule has 0 fully saturated rings. The minimum absolute atomic E-state index is 0.00926. The van der Waals surface area contributed by atoms with Crippen molar-refractivity contribution in [2.75, 3.05) is 14.1 Å². The molecule has 3 aromatic carbocycles. The van der Waals surface area contributed by atoms with Crippen molar-refractivity contribution in [1.29, 1.82) is 0 Å². The Bertz CT molecular complexity index is 1200. The number of halogens is 6. The van der Waals surface area contributed by atoms with Crippen LogP contribution >= 0.6 is 0 Å². The van der Waals surface area contributed by atoms with E-state index >= 15 is 0 Å². The van der Waals surface area contributed by atoms with Crippen molar-refractivity contribution < 1.29 is 35.9 Å². The highest BCUT2D eigenvalue weighted by Crippen LogP contribution is 2.36. The van der Waals surface area contributed by atoms with Crippen LogP contribution in [0.5, 0.6) is 0 Å². The van der Waals surface area contributed by atoms with Crippen LogP contribution in [0.1, 0.15) is 35.2 Å². The number of ketones is 1. The van der Waals surface area contributed by atoms with Crippen LogP contribution in [0.3, 0.4) is 0 Å². The molecule has 0 saturated carbocycles. The molecule has 0 aliphatic heterocycles. The SMILES string of the molecule is CN=C(C=O)C(C)=O.CNC(c1ccc(F)cc1)c1cc(F)cc(C(F)(F)C(F)F)c1.Cc1ccccc1. The first-order valence-electron chi connectivity index (χ1n) is 11.2. The predicted octanol–water partition coefficient (Wildman–Crippen LogP) is 6.47. The lowest BCUT2D eigenvalue weighted by molar-refractivity contribution is -0.135. The summed E-state index contributed by atoms with van der Waals surface area (Å²) < 4.78 is 78.5. The van der Waals surface area contributed by atoms with Gasteiger partial charge in [0.15, 0.2) is 12.1 Å². The number of carbonyl (C=O) groups is 2. The lowest BCUT2D eigenvalue weighted by Crippen LogP contribution is -2.25. The van der Waals surface area contributed by atoms with Gasteiger partial charge >= 0.3 is 12.3 Å². The predicted molar refractivity (Wildman–Crippen MR) is 135 cm³/mol. The van der Waals surface area contributed by atoms with E-state index in [1.807, 2.05) is 18.2 Å². The summed E-state index contributed by atoms with van der Waals surface area (Å²) in [4.78, 5) is 23.5. The van der Waals surface area contributed by atoms with Crippen LogP contribution in [-0.4, -0.2) is 38.3 Å². The summed E-state index contributed by atoms with van der Waals surface area (Å²) >= 11 is 0. The van der Waals surface area contributed by atoms with Gasteiger partial charge in [-0.05, 0) is 55.4 Å². The average molecular weight is 539 g/mol. The Balaban J connectivity index is 0.000000391. The quantitative estimate of drug-likeness (QED) is 0.162. The van der Waals surface area contributed by atoms with Crippen molar-refractivity contribution in [1.82, 2.24) is 5.32 Å². The number of carbonyl (C=O) groups excluding carboxylic acids is 2. The molecule has 0 saturated heterocycles. The molecule has 0 amide bonds. The third-order valence-electron chi connectivity index (χ3n) is 5.06. The molecule has 0 heterocycles. The minimum Gasteiger partial charge on any atom is -0.309 e. The number of nitrogens with one attached hydrogen (secondary N) is 1. The standard InChI is InChI=1S/C16H13F6N.C7H8.C5H7NO2/c1-23-14(9-2-4-12(17)5-3-9)10-6-11(8-13(18)7-10)16(21,22)15(19)20;1-7-5-3-2-4-6-7;1-4(8)5(3-7)6-2/h2-8,14-15,23H,1H3;2-6H,1H3;3H,1-2H3. The summed E-state index contributed by atoms with van der Waals surface area (Å²) in [6, 6.07) is 16.8. The topological polar surface area (TPSA) is 58.5 Å². The maximum atomic E-state index is 13.6. The van der Waals surface area contributed by atoms with Gasteiger partial charge in [-0.15, -0.1) is 0 Å². The summed E-state index contributed by atoms with van der Waals surface area (Å²) in [6.45, 7) is 3.39. The second-order valence-electron chi connectivity index (χ2n) is 7.91. The molecule has 3 aromatic rings. The van der Waals surface area contributed by atoms with Crippen molar-refractivity contribution in [2.45, 2.75) is 32.2 Å². The highest BCUT2D eigenvalue weighted by Gasteiger charge is 2.43. The third kappa shape index (κ3) is 9.93. The van der Waals surface area contributed by atoms with Gasteiger partial charge in [0.1, 0.15) is 17.3 Å². The zero-order valence-electron chi connectivity index (χ0n) is 21.2. The van der Waals surface area contributed by atoms with Crippen molar-refractivity contribution in [3.8, 4) is 0 Å². The molecule has 204 valence electrons. The third-order valence-corrected chi connectivity index (χ3v) is 5.06. The maximum Gasteiger partial charge on any atom is 0.332 e. The molecular weight excluding hydrogens is 510 g/mol. The summed E-state index contributed by atoms with van der Waals surface area (Å²) in [5.41, 5.74) is 0.720. The largest absolute Gasteiger partial charge is 0.332 e. The van der Waals surface area contributed by atoms with E-state index in [-0.39, 0.29) is 17.1 Å². The smallest absolute Gasteiger partial charge is 0.309 e. The number of rotatable bonds is 7. The van der Waals surface area contributed by atoms with E-state index in [0.717, 1.165) is 24.3 Å². The average Bonchev–Trinajstić information content (AvgIpc) is 2.87. The van der Waals surface area contributed by atoms with Crippen molar-refractivity contribution in [3.05, 3.63) is 107 Å². The van der Waals surface area contributed by atoms with E-state index in [2.05, 4.69) is 29.4 Å². The van der Waals surface area contributed by atoms with Crippen molar-refractivity contribution in [2.24, 2.45) is 4.99 Å². The molecule has 1 unspecified atom stereocenters. The maximum absolute atomic E-state index is 13.6. The van der Waals surface area contributed by atoms with Gasteiger partial charge in [-0.3, -0.25) is 14.6 Å². The van der Waals surface area contributed by atoms with Gasteiger partial charge in [-0.2, -0.15) is 8.78 Å². The lowest BCUT2D eigenvalue weighted by atomic mass is 9.95. The molecule has 0 bridgehead atoms. The fourth-order valence-electron chi connectivity index (χ4n) is 3.11. The summed E-state index contributed by atoms with van der Waals surface area (Å²) in [7, 11) is 2.90. The fourth-order valence-corrected chi connectivity index (χ4v) is 3.11. The van der Waals surface area contributed by atoms with Gasteiger partial charge in [0, 0.05) is 19.5 Å². The van der Waals surface area contributed by atoms with Crippen LogP contribution in [0.4, 0.5) is 26.3 Å². The first-order valence-corrected chi connectivity index (χ1v) is 11.2. The summed E-state index contributed by atoms with van der Waals surface area (Å²) in [6.07, 6.45) is -3.50. The van der Waals surface area contributed by atoms with E-state index in [1.165, 1.54) is 38.7 Å². The molecule has 3 rings (SSSR count). The number of hydrogen-bond donors (Lipinski definition) is 1. The van der Waals surface area contributed by atoms with Crippen LogP contribution in [0.25, 0.3) is 0 Å². The first kappa shape index (κ1) is 32.2. The second-order valence-corrected chi connectivity index (χ2v) is 7.91. The number of nitrogens with zero attached hydrogens (tertiary/aromatic N) is 1. The number of benzene rings is 3. The summed E-state index contributed by atoms with van der Waals surface area (Å²) in [5.74, 6) is -6.30. The molecule has 1 atom stereocenters. The van der Waals surface area contributed by atoms with Gasteiger partial charge in [-0.1, -0.05) is 48.0 Å². The van der Waals surface area contributed by atoms with Gasteiger partial charge in [0.2, 0.25) is 0 Å². The normalized spacial score (nSPS) is 12.0. The van der Waals surface area contributed by atoms with Crippen LogP contribution in [0, 0.1) is 18.6 Å². The zero-order valence-corrected chi connectivity index (χ0v) is 21.2. The fraction of sp³-hybridized carbons (Fsp3) is 0.250. The van der Waals surface area contributed by atoms with Crippen LogP contribution < -0.4 is 5.32 Å². The number of hydrogen-bond acceptors (Lipinski definition) is 4. The van der Waals surface area contributed by atoms with Crippen molar-refractivity contribution >= 4 is 17.8 Å². The van der Waals surface area contributed by atoms with Gasteiger partial charge in [0.05, 0.1) is 6.04 Å². The Morgan fingerprint density at radius 2 is 1.50 bits per heavy atom. The number of aryl methyl sites for hydroxylation is 1. The molecule has 0 radical (unpaired) electrons. The van der Waals surface area contributed by atoms with E-state index in [9.17, 15) is 35.9 Å². The number of aliphatic imine (C=N–C) groups is 1. The Hall–Kier alpha value is -3.79. The zero-order chi connectivity index (χ0) is 28.9. The van der Waals surface area contributed by atoms with E-state index < -0.39 is 35.6 Å². The first-order chi connectivity index (χ1) is 17.9. The Morgan fingerprint density at radius 1 is 0.921 bits per heavy atom. The Kier molecular flexibility index (Phi) is 13.1. The molecule has 0 spiro atoms. The minimum atomic E-state index is -4.46. The van der Waals surface area contributed by atoms with Gasteiger partial charge in [0.25, 0.3) is 0 Å².